The number of nitrogens with two attached hydrogens (primary N) is 2. The minimum Gasteiger partial charge on any atom is -0.364 e. The van der Waals surface area contributed by atoms with Gasteiger partial charge in [-0.2, -0.15) is 0 Å². The van der Waals surface area contributed by atoms with Crippen molar-refractivity contribution in [2.45, 2.75) is 6.54 Å². The fourth-order valence-corrected chi connectivity index (χ4v) is 3.52. The second-order valence-corrected chi connectivity index (χ2v) is 7.35. The maximum atomic E-state index is 12.8. The van der Waals surface area contributed by atoms with E-state index in [0.29, 0.717) is 16.1 Å². The smallest absolute Gasteiger partial charge is 0.273 e. The van der Waals surface area contributed by atoms with E-state index < -0.39 is 5.91 Å². The normalized spacial score (nSPS) is 11.2. The molecule has 0 bridgehead atoms. The monoisotopic (exact) mass is 464 g/mol. The number of amides is 1. The zero-order valence-corrected chi connectivity index (χ0v) is 17.6. The van der Waals surface area contributed by atoms with Crippen LogP contribution in [0, 0.1) is 0 Å². The SMILES string of the molecule is NCC=Nc1c(C(N)=O)nnn1Cc1cc(Cl)c(C(=O)c2ccc(Cl)cc2)c(Cl)c1. The first-order valence-electron chi connectivity index (χ1n) is 8.56. The molecule has 3 rings (SSSR count). The second kappa shape index (κ2) is 9.36. The largest absolute Gasteiger partial charge is 0.364 e. The number of nitrogens with zero attached hydrogens (tertiary/aromatic N) is 4. The maximum absolute atomic E-state index is 12.8. The van der Waals surface area contributed by atoms with Gasteiger partial charge in [0, 0.05) is 23.3 Å². The number of carbonyl (C=O) groups is 2. The Balaban J connectivity index is 1.95. The number of aliphatic imine (C=N–C) groups is 1. The molecular weight excluding hydrogens is 451 g/mol. The van der Waals surface area contributed by atoms with Gasteiger partial charge in [0.25, 0.3) is 5.91 Å². The van der Waals surface area contributed by atoms with Crippen LogP contribution in [0.1, 0.15) is 32.0 Å². The maximum Gasteiger partial charge on any atom is 0.273 e. The zero-order valence-electron chi connectivity index (χ0n) is 15.3. The molecule has 0 radical (unpaired) electrons. The standard InChI is InChI=1S/C19H15Cl3N6O2/c20-12-3-1-11(2-4-12)17(29)15-13(21)7-10(8-14(15)22)9-28-19(25-6-5-23)16(18(24)30)26-27-28/h1-4,6-8H,5,9,23H2,(H2,24,30). The zero-order chi connectivity index (χ0) is 21.8. The summed E-state index contributed by atoms with van der Waals surface area (Å²) in [7, 11) is 0. The average Bonchev–Trinajstić information content (AvgIpc) is 3.08. The number of hydrogen-bond donors (Lipinski definition) is 2. The first-order chi connectivity index (χ1) is 14.3. The van der Waals surface area contributed by atoms with Crippen molar-refractivity contribution in [1.82, 2.24) is 15.0 Å². The molecular formula is C19H15Cl3N6O2. The van der Waals surface area contributed by atoms with Gasteiger partial charge < -0.3 is 11.5 Å². The van der Waals surface area contributed by atoms with Crippen LogP contribution in [-0.4, -0.2) is 39.4 Å². The lowest BCUT2D eigenvalue weighted by molar-refractivity contribution is 0.0994. The van der Waals surface area contributed by atoms with Crippen LogP contribution in [0.3, 0.4) is 0 Å². The van der Waals surface area contributed by atoms with E-state index in [1.807, 2.05) is 0 Å². The van der Waals surface area contributed by atoms with Crippen LogP contribution in [0.4, 0.5) is 5.82 Å². The molecule has 0 unspecified atom stereocenters. The van der Waals surface area contributed by atoms with Crippen LogP contribution in [0.15, 0.2) is 41.4 Å². The highest BCUT2D eigenvalue weighted by Crippen LogP contribution is 2.30. The van der Waals surface area contributed by atoms with Gasteiger partial charge in [-0.3, -0.25) is 9.59 Å². The van der Waals surface area contributed by atoms with Gasteiger partial charge in [-0.05, 0) is 42.0 Å². The molecule has 11 heteroatoms. The van der Waals surface area contributed by atoms with Crippen LogP contribution in [0.5, 0.6) is 0 Å². The van der Waals surface area contributed by atoms with Gasteiger partial charge in [-0.25, -0.2) is 9.67 Å². The lowest BCUT2D eigenvalue weighted by Crippen LogP contribution is -2.12. The Morgan fingerprint density at radius 1 is 1.10 bits per heavy atom. The highest BCUT2D eigenvalue weighted by molar-refractivity contribution is 6.41. The average molecular weight is 466 g/mol. The van der Waals surface area contributed by atoms with E-state index in [0.717, 1.165) is 0 Å². The fourth-order valence-electron chi connectivity index (χ4n) is 2.69. The lowest BCUT2D eigenvalue weighted by atomic mass is 10.0. The van der Waals surface area contributed by atoms with Crippen molar-refractivity contribution in [1.29, 1.82) is 0 Å². The molecule has 1 heterocycles. The highest BCUT2D eigenvalue weighted by atomic mass is 35.5. The molecule has 0 saturated carbocycles. The third-order valence-electron chi connectivity index (χ3n) is 4.03. The Morgan fingerprint density at radius 2 is 1.73 bits per heavy atom. The van der Waals surface area contributed by atoms with Gasteiger partial charge in [-0.1, -0.05) is 40.0 Å². The number of carbonyl (C=O) groups excluding carboxylic acids is 2. The molecule has 0 aliphatic rings. The van der Waals surface area contributed by atoms with Gasteiger partial charge in [0.05, 0.1) is 22.2 Å². The van der Waals surface area contributed by atoms with Crippen LogP contribution < -0.4 is 11.5 Å². The van der Waals surface area contributed by atoms with E-state index in [4.69, 9.17) is 46.3 Å². The minimum absolute atomic E-state index is 0.0913. The first kappa shape index (κ1) is 21.9. The van der Waals surface area contributed by atoms with Gasteiger partial charge in [0.1, 0.15) is 0 Å². The Hall–Kier alpha value is -2.78. The van der Waals surface area contributed by atoms with Crippen molar-refractivity contribution < 1.29 is 9.59 Å². The van der Waals surface area contributed by atoms with Crippen LogP contribution in [0.2, 0.25) is 15.1 Å². The summed E-state index contributed by atoms with van der Waals surface area (Å²) in [6, 6.07) is 9.56. The summed E-state index contributed by atoms with van der Waals surface area (Å²) < 4.78 is 1.36. The third kappa shape index (κ3) is 4.68. The van der Waals surface area contributed by atoms with Crippen molar-refractivity contribution in [3.8, 4) is 0 Å². The lowest BCUT2D eigenvalue weighted by Gasteiger charge is -2.10. The van der Waals surface area contributed by atoms with Crippen molar-refractivity contribution in [2.24, 2.45) is 16.5 Å². The van der Waals surface area contributed by atoms with E-state index in [1.54, 1.807) is 36.4 Å². The molecule has 0 fully saturated rings. The second-order valence-electron chi connectivity index (χ2n) is 6.10. The molecule has 0 aliphatic heterocycles. The predicted molar refractivity (Wildman–Crippen MR) is 116 cm³/mol. The molecule has 1 aromatic heterocycles. The summed E-state index contributed by atoms with van der Waals surface area (Å²) in [5, 5.41) is 8.50. The van der Waals surface area contributed by atoms with E-state index in [9.17, 15) is 9.59 Å². The van der Waals surface area contributed by atoms with Crippen molar-refractivity contribution >= 4 is 58.5 Å². The Morgan fingerprint density at radius 3 is 2.30 bits per heavy atom. The molecule has 3 aromatic rings. The van der Waals surface area contributed by atoms with Gasteiger partial charge >= 0.3 is 0 Å². The number of ketones is 1. The summed E-state index contributed by atoms with van der Waals surface area (Å²) >= 11 is 18.6. The highest BCUT2D eigenvalue weighted by Gasteiger charge is 2.20. The summed E-state index contributed by atoms with van der Waals surface area (Å²) in [5.41, 5.74) is 11.8. The fraction of sp³-hybridized carbons (Fsp3) is 0.105. The number of aromatic nitrogens is 3. The summed E-state index contributed by atoms with van der Waals surface area (Å²) in [4.78, 5) is 28.4. The number of benzene rings is 2. The molecule has 0 aliphatic carbocycles. The van der Waals surface area contributed by atoms with Crippen molar-refractivity contribution in [3.05, 3.63) is 73.9 Å². The number of primary amides is 1. The summed E-state index contributed by atoms with van der Waals surface area (Å²) in [6.45, 7) is 0.287. The molecule has 0 saturated heterocycles. The minimum atomic E-state index is -0.773. The summed E-state index contributed by atoms with van der Waals surface area (Å²) in [6.07, 6.45) is 1.40. The van der Waals surface area contributed by atoms with E-state index >= 15 is 0 Å². The Bertz CT molecular complexity index is 1120. The van der Waals surface area contributed by atoms with Crippen LogP contribution >= 0.6 is 34.8 Å². The quantitative estimate of drug-likeness (QED) is 0.408. The molecule has 0 spiro atoms. The van der Waals surface area contributed by atoms with Crippen molar-refractivity contribution in [3.63, 3.8) is 0 Å². The molecule has 1 amide bonds. The Kier molecular flexibility index (Phi) is 6.84. The van der Waals surface area contributed by atoms with Gasteiger partial charge in [-0.15, -0.1) is 5.10 Å². The number of rotatable bonds is 7. The Labute approximate surface area is 186 Å². The summed E-state index contributed by atoms with van der Waals surface area (Å²) in [5.74, 6) is -0.954. The predicted octanol–water partition coefficient (Wildman–Crippen LogP) is 3.28. The molecule has 2 aromatic carbocycles. The first-order valence-corrected chi connectivity index (χ1v) is 9.69. The molecule has 154 valence electrons. The number of halogens is 3. The molecule has 4 N–H and O–H groups in total. The van der Waals surface area contributed by atoms with Crippen LogP contribution in [0.25, 0.3) is 0 Å². The number of hydrogen-bond acceptors (Lipinski definition) is 6. The van der Waals surface area contributed by atoms with Crippen LogP contribution in [-0.2, 0) is 6.54 Å². The van der Waals surface area contributed by atoms with Crippen molar-refractivity contribution in [2.75, 3.05) is 6.54 Å². The van der Waals surface area contributed by atoms with E-state index in [-0.39, 0.29) is 46.0 Å². The van der Waals surface area contributed by atoms with E-state index in [1.165, 1.54) is 10.9 Å². The third-order valence-corrected chi connectivity index (χ3v) is 4.88. The molecule has 0 atom stereocenters. The van der Waals surface area contributed by atoms with Gasteiger partial charge in [0.2, 0.25) is 0 Å². The van der Waals surface area contributed by atoms with E-state index in [2.05, 4.69) is 15.3 Å². The topological polar surface area (TPSA) is 129 Å². The molecule has 8 nitrogen and oxygen atoms in total. The molecule has 30 heavy (non-hydrogen) atoms. The van der Waals surface area contributed by atoms with Gasteiger partial charge in [0.15, 0.2) is 17.3 Å².